The first-order chi connectivity index (χ1) is 12.1. The van der Waals surface area contributed by atoms with Gasteiger partial charge >= 0.3 is 0 Å². The number of primary amides is 1. The van der Waals surface area contributed by atoms with E-state index in [1.165, 1.54) is 9.80 Å². The molecule has 3 rings (SSSR count). The summed E-state index contributed by atoms with van der Waals surface area (Å²) >= 11 is 0. The van der Waals surface area contributed by atoms with Crippen LogP contribution in [-0.2, 0) is 30.4 Å². The first kappa shape index (κ1) is 17.4. The van der Waals surface area contributed by atoms with Crippen molar-refractivity contribution in [1.82, 2.24) is 9.80 Å². The van der Waals surface area contributed by atoms with Crippen LogP contribution in [0.5, 0.6) is 0 Å². The second kappa shape index (κ2) is 7.62. The van der Waals surface area contributed by atoms with Crippen LogP contribution in [0, 0.1) is 0 Å². The molecule has 1 aromatic rings. The quantitative estimate of drug-likeness (QED) is 0.763. The maximum Gasteiger partial charge on any atom is 0.249 e. The van der Waals surface area contributed by atoms with E-state index in [0.717, 1.165) is 5.56 Å². The molecule has 2 N–H and O–H groups in total. The van der Waals surface area contributed by atoms with Crippen LogP contribution >= 0.6 is 0 Å². The highest BCUT2D eigenvalue weighted by atomic mass is 16.5. The molecule has 2 aliphatic heterocycles. The summed E-state index contributed by atoms with van der Waals surface area (Å²) in [5.74, 6) is -1.08. The van der Waals surface area contributed by atoms with Gasteiger partial charge in [0, 0.05) is 13.1 Å². The molecule has 8 heteroatoms. The summed E-state index contributed by atoms with van der Waals surface area (Å²) in [6.07, 6.45) is -0.819. The molecule has 2 atom stereocenters. The molecule has 2 unspecified atom stereocenters. The van der Waals surface area contributed by atoms with Gasteiger partial charge in [0.2, 0.25) is 17.7 Å². The molecule has 3 amide bonds. The third-order valence-electron chi connectivity index (χ3n) is 4.37. The van der Waals surface area contributed by atoms with Crippen LogP contribution in [0.25, 0.3) is 0 Å². The number of morpholine rings is 2. The van der Waals surface area contributed by atoms with Crippen molar-refractivity contribution in [2.75, 3.05) is 32.9 Å². The monoisotopic (exact) mass is 347 g/mol. The van der Waals surface area contributed by atoms with Gasteiger partial charge in [-0.25, -0.2) is 0 Å². The Morgan fingerprint density at radius 2 is 2.00 bits per heavy atom. The highest BCUT2D eigenvalue weighted by Crippen LogP contribution is 2.17. The number of ether oxygens (including phenoxy) is 2. The summed E-state index contributed by atoms with van der Waals surface area (Å²) < 4.78 is 10.6. The fraction of sp³-hybridized carbons (Fsp3) is 0.471. The van der Waals surface area contributed by atoms with Crippen molar-refractivity contribution in [2.45, 2.75) is 18.7 Å². The number of benzene rings is 1. The average Bonchev–Trinajstić information content (AvgIpc) is 2.64. The molecule has 0 saturated carbocycles. The summed E-state index contributed by atoms with van der Waals surface area (Å²) in [6, 6.07) is 8.76. The molecule has 8 nitrogen and oxygen atoms in total. The Morgan fingerprint density at radius 1 is 1.24 bits per heavy atom. The van der Waals surface area contributed by atoms with Gasteiger partial charge in [-0.3, -0.25) is 14.4 Å². The van der Waals surface area contributed by atoms with Crippen LogP contribution in [0.1, 0.15) is 5.56 Å². The lowest BCUT2D eigenvalue weighted by atomic mass is 10.1. The van der Waals surface area contributed by atoms with Crippen molar-refractivity contribution < 1.29 is 23.9 Å². The van der Waals surface area contributed by atoms with E-state index in [9.17, 15) is 14.4 Å². The number of amides is 3. The van der Waals surface area contributed by atoms with Crippen LogP contribution in [-0.4, -0.2) is 72.6 Å². The Labute approximate surface area is 145 Å². The van der Waals surface area contributed by atoms with E-state index in [1.54, 1.807) is 0 Å². The Bertz CT molecular complexity index is 651. The second-order valence-electron chi connectivity index (χ2n) is 6.08. The summed E-state index contributed by atoms with van der Waals surface area (Å²) in [6.45, 7) is 1.12. The summed E-state index contributed by atoms with van der Waals surface area (Å²) in [4.78, 5) is 39.6. The molecule has 0 aliphatic carbocycles. The van der Waals surface area contributed by atoms with E-state index in [0.29, 0.717) is 13.1 Å². The molecule has 2 fully saturated rings. The minimum absolute atomic E-state index is 0.0381. The molecule has 2 saturated heterocycles. The highest BCUT2D eigenvalue weighted by Gasteiger charge is 2.38. The molecule has 25 heavy (non-hydrogen) atoms. The van der Waals surface area contributed by atoms with Gasteiger partial charge in [0.15, 0.2) is 6.10 Å². The molecule has 0 spiro atoms. The largest absolute Gasteiger partial charge is 0.369 e. The van der Waals surface area contributed by atoms with E-state index < -0.39 is 18.1 Å². The topological polar surface area (TPSA) is 102 Å². The highest BCUT2D eigenvalue weighted by molar-refractivity contribution is 5.90. The Kier molecular flexibility index (Phi) is 5.30. The van der Waals surface area contributed by atoms with E-state index in [4.69, 9.17) is 15.2 Å². The van der Waals surface area contributed by atoms with Crippen molar-refractivity contribution >= 4 is 17.7 Å². The van der Waals surface area contributed by atoms with Gasteiger partial charge in [-0.15, -0.1) is 0 Å². The molecule has 0 bridgehead atoms. The summed E-state index contributed by atoms with van der Waals surface area (Å²) in [7, 11) is 0. The number of nitrogens with two attached hydrogens (primary N) is 1. The van der Waals surface area contributed by atoms with Crippen molar-refractivity contribution in [3.8, 4) is 0 Å². The third-order valence-corrected chi connectivity index (χ3v) is 4.37. The van der Waals surface area contributed by atoms with Crippen LogP contribution in [0.2, 0.25) is 0 Å². The van der Waals surface area contributed by atoms with Gasteiger partial charge in [-0.2, -0.15) is 0 Å². The first-order valence-electron chi connectivity index (χ1n) is 8.17. The van der Waals surface area contributed by atoms with Gasteiger partial charge in [-0.05, 0) is 5.56 Å². The minimum Gasteiger partial charge on any atom is -0.369 e. The number of hydrogen-bond acceptors (Lipinski definition) is 5. The summed E-state index contributed by atoms with van der Waals surface area (Å²) in [5.41, 5.74) is 6.21. The van der Waals surface area contributed by atoms with Crippen LogP contribution in [0.4, 0.5) is 0 Å². The van der Waals surface area contributed by atoms with Crippen LogP contribution in [0.3, 0.4) is 0 Å². The predicted molar refractivity (Wildman–Crippen MR) is 87.1 cm³/mol. The normalized spacial score (nSPS) is 24.2. The minimum atomic E-state index is -0.819. The van der Waals surface area contributed by atoms with Crippen LogP contribution < -0.4 is 5.73 Å². The average molecular weight is 347 g/mol. The Morgan fingerprint density at radius 3 is 2.72 bits per heavy atom. The maximum atomic E-state index is 12.9. The number of carbonyl (C=O) groups is 3. The fourth-order valence-electron chi connectivity index (χ4n) is 3.02. The molecular formula is C17H21N3O5. The lowest BCUT2D eigenvalue weighted by Crippen LogP contribution is -2.60. The molecule has 1 aromatic carbocycles. The number of nitrogens with zero attached hydrogens (tertiary/aromatic N) is 2. The Balaban J connectivity index is 1.74. The lowest BCUT2D eigenvalue weighted by Gasteiger charge is -2.39. The molecule has 2 heterocycles. The van der Waals surface area contributed by atoms with E-state index >= 15 is 0 Å². The van der Waals surface area contributed by atoms with Gasteiger partial charge in [0.25, 0.3) is 0 Å². The molecular weight excluding hydrogens is 326 g/mol. The van der Waals surface area contributed by atoms with Gasteiger partial charge in [0.1, 0.15) is 12.6 Å². The SMILES string of the molecule is NC(=O)C1CN(C(=O)C2COCC(=O)N2Cc2ccccc2)CCO1. The van der Waals surface area contributed by atoms with E-state index in [1.807, 2.05) is 30.3 Å². The molecule has 0 radical (unpaired) electrons. The van der Waals surface area contributed by atoms with Crippen molar-refractivity contribution in [3.63, 3.8) is 0 Å². The Hall–Kier alpha value is -2.45. The standard InChI is InChI=1S/C17H21N3O5/c18-16(22)14-9-19(6-7-25-14)17(23)13-10-24-11-15(21)20(13)8-12-4-2-1-3-5-12/h1-5,13-14H,6-11H2,(H2,18,22). The smallest absolute Gasteiger partial charge is 0.249 e. The molecule has 0 aromatic heterocycles. The first-order valence-corrected chi connectivity index (χ1v) is 8.17. The van der Waals surface area contributed by atoms with Gasteiger partial charge < -0.3 is 25.0 Å². The number of rotatable bonds is 4. The molecule has 134 valence electrons. The van der Waals surface area contributed by atoms with Crippen LogP contribution in [0.15, 0.2) is 30.3 Å². The van der Waals surface area contributed by atoms with Crippen molar-refractivity contribution in [3.05, 3.63) is 35.9 Å². The van der Waals surface area contributed by atoms with E-state index in [2.05, 4.69) is 0 Å². The van der Waals surface area contributed by atoms with E-state index in [-0.39, 0.29) is 38.2 Å². The van der Waals surface area contributed by atoms with Gasteiger partial charge in [-0.1, -0.05) is 30.3 Å². The third kappa shape index (κ3) is 3.97. The zero-order chi connectivity index (χ0) is 17.8. The van der Waals surface area contributed by atoms with Crippen molar-refractivity contribution in [1.29, 1.82) is 0 Å². The van der Waals surface area contributed by atoms with Crippen molar-refractivity contribution in [2.24, 2.45) is 5.73 Å². The van der Waals surface area contributed by atoms with Gasteiger partial charge in [0.05, 0.1) is 19.8 Å². The molecule has 2 aliphatic rings. The zero-order valence-corrected chi connectivity index (χ0v) is 13.8. The lowest BCUT2D eigenvalue weighted by molar-refractivity contribution is -0.164. The fourth-order valence-corrected chi connectivity index (χ4v) is 3.02. The number of carbonyl (C=O) groups excluding carboxylic acids is 3. The second-order valence-corrected chi connectivity index (χ2v) is 6.08. The number of hydrogen-bond donors (Lipinski definition) is 1. The summed E-state index contributed by atoms with van der Waals surface area (Å²) in [5, 5.41) is 0. The zero-order valence-electron chi connectivity index (χ0n) is 13.8. The maximum absolute atomic E-state index is 12.9. The predicted octanol–water partition coefficient (Wildman–Crippen LogP) is -0.873.